The zero-order chi connectivity index (χ0) is 42.3. The summed E-state index contributed by atoms with van der Waals surface area (Å²) in [6.07, 6.45) is 56.0. The molecule has 3 N–H and O–H groups in total. The molecular formula is C52H99NO5. The summed E-state index contributed by atoms with van der Waals surface area (Å²) < 4.78 is 5.46. The maximum atomic E-state index is 12.4. The monoisotopic (exact) mass is 818 g/mol. The van der Waals surface area contributed by atoms with Crippen LogP contribution in [0.3, 0.4) is 0 Å². The maximum Gasteiger partial charge on any atom is 0.305 e. The van der Waals surface area contributed by atoms with Crippen LogP contribution in [0, 0.1) is 0 Å². The smallest absolute Gasteiger partial charge is 0.305 e. The zero-order valence-corrected chi connectivity index (χ0v) is 38.8. The van der Waals surface area contributed by atoms with E-state index in [1.807, 2.05) is 6.08 Å². The summed E-state index contributed by atoms with van der Waals surface area (Å²) in [5.74, 6) is -0.115. The van der Waals surface area contributed by atoms with E-state index in [4.69, 9.17) is 4.74 Å². The van der Waals surface area contributed by atoms with Gasteiger partial charge in [0.05, 0.1) is 25.4 Å². The van der Waals surface area contributed by atoms with E-state index in [1.165, 1.54) is 186 Å². The second-order valence-corrected chi connectivity index (χ2v) is 17.5. The molecule has 0 aromatic rings. The molecule has 6 heteroatoms. The SMILES string of the molecule is CCCCCCCCC/C=C\CCCCCCCCCC(=O)OCCCCCCCCCCCCC(=O)NC(CO)C(O)/C=C/CCCCCCCCCCCCC. The minimum absolute atomic E-state index is 0.0241. The van der Waals surface area contributed by atoms with Gasteiger partial charge in [-0.1, -0.05) is 224 Å². The van der Waals surface area contributed by atoms with Crippen molar-refractivity contribution >= 4 is 11.9 Å². The van der Waals surface area contributed by atoms with Crippen LogP contribution in [-0.2, 0) is 14.3 Å². The number of rotatable bonds is 47. The van der Waals surface area contributed by atoms with Crippen LogP contribution in [0.1, 0.15) is 271 Å². The van der Waals surface area contributed by atoms with E-state index in [9.17, 15) is 19.8 Å². The summed E-state index contributed by atoms with van der Waals surface area (Å²) in [4.78, 5) is 24.5. The number of ether oxygens (including phenoxy) is 1. The first-order valence-corrected chi connectivity index (χ1v) is 25.6. The normalized spacial score (nSPS) is 12.8. The quantitative estimate of drug-likeness (QED) is 0.0323. The van der Waals surface area contributed by atoms with Crippen molar-refractivity contribution in [2.24, 2.45) is 0 Å². The van der Waals surface area contributed by atoms with Crippen LogP contribution in [0.5, 0.6) is 0 Å². The molecule has 0 bridgehead atoms. The van der Waals surface area contributed by atoms with Crippen LogP contribution >= 0.6 is 0 Å². The van der Waals surface area contributed by atoms with Gasteiger partial charge in [0.2, 0.25) is 5.91 Å². The van der Waals surface area contributed by atoms with E-state index in [-0.39, 0.29) is 18.5 Å². The molecule has 0 aromatic heterocycles. The Balaban J connectivity index is 3.49. The predicted octanol–water partition coefficient (Wildman–Crippen LogP) is 15.1. The number of aliphatic hydroxyl groups excluding tert-OH is 2. The van der Waals surface area contributed by atoms with Gasteiger partial charge in [-0.05, 0) is 57.8 Å². The van der Waals surface area contributed by atoms with Gasteiger partial charge >= 0.3 is 5.97 Å². The average molecular weight is 818 g/mol. The minimum Gasteiger partial charge on any atom is -0.466 e. The summed E-state index contributed by atoms with van der Waals surface area (Å²) in [5, 5.41) is 23.0. The van der Waals surface area contributed by atoms with Crippen LogP contribution in [0.15, 0.2) is 24.3 Å². The second kappa shape index (κ2) is 48.0. The fourth-order valence-corrected chi connectivity index (χ4v) is 7.74. The molecule has 0 rings (SSSR count). The van der Waals surface area contributed by atoms with Crippen molar-refractivity contribution in [2.75, 3.05) is 13.2 Å². The molecule has 2 unspecified atom stereocenters. The highest BCUT2D eigenvalue weighted by Gasteiger charge is 2.18. The number of unbranched alkanes of at least 4 members (excludes halogenated alkanes) is 34. The molecule has 0 fully saturated rings. The predicted molar refractivity (Wildman–Crippen MR) is 250 cm³/mol. The number of allylic oxidation sites excluding steroid dienone is 3. The molecule has 0 heterocycles. The topological polar surface area (TPSA) is 95.9 Å². The Labute approximate surface area is 361 Å². The van der Waals surface area contributed by atoms with Gasteiger partial charge in [-0.3, -0.25) is 9.59 Å². The van der Waals surface area contributed by atoms with Gasteiger partial charge in [0, 0.05) is 12.8 Å². The number of aliphatic hydroxyl groups is 2. The highest BCUT2D eigenvalue weighted by molar-refractivity contribution is 5.76. The molecule has 0 aliphatic rings. The first kappa shape index (κ1) is 56.3. The molecular weight excluding hydrogens is 719 g/mol. The molecule has 342 valence electrons. The third-order valence-corrected chi connectivity index (χ3v) is 11.7. The Kier molecular flexibility index (Phi) is 46.6. The van der Waals surface area contributed by atoms with E-state index < -0.39 is 12.1 Å². The molecule has 0 saturated heterocycles. The van der Waals surface area contributed by atoms with Crippen LogP contribution in [-0.4, -0.2) is 47.4 Å². The first-order valence-electron chi connectivity index (χ1n) is 25.6. The molecule has 0 aliphatic heterocycles. The molecule has 1 amide bonds. The van der Waals surface area contributed by atoms with Crippen LogP contribution in [0.2, 0.25) is 0 Å². The van der Waals surface area contributed by atoms with Gasteiger partial charge in [0.1, 0.15) is 0 Å². The lowest BCUT2D eigenvalue weighted by atomic mass is 10.0. The van der Waals surface area contributed by atoms with Gasteiger partial charge in [-0.15, -0.1) is 0 Å². The van der Waals surface area contributed by atoms with Crippen molar-refractivity contribution in [2.45, 2.75) is 283 Å². The summed E-state index contributed by atoms with van der Waals surface area (Å²) in [6.45, 7) is 4.84. The number of amides is 1. The van der Waals surface area contributed by atoms with Crippen molar-refractivity contribution < 1.29 is 24.5 Å². The molecule has 6 nitrogen and oxygen atoms in total. The Hall–Kier alpha value is -1.66. The zero-order valence-electron chi connectivity index (χ0n) is 38.8. The van der Waals surface area contributed by atoms with Crippen molar-refractivity contribution in [1.29, 1.82) is 0 Å². The average Bonchev–Trinajstić information content (AvgIpc) is 3.22. The van der Waals surface area contributed by atoms with E-state index in [2.05, 4.69) is 31.3 Å². The number of hydrogen-bond acceptors (Lipinski definition) is 5. The number of carbonyl (C=O) groups is 2. The van der Waals surface area contributed by atoms with Crippen molar-refractivity contribution in [1.82, 2.24) is 5.32 Å². The molecule has 0 spiro atoms. The van der Waals surface area contributed by atoms with Crippen molar-refractivity contribution in [3.05, 3.63) is 24.3 Å². The third-order valence-electron chi connectivity index (χ3n) is 11.7. The second-order valence-electron chi connectivity index (χ2n) is 17.5. The highest BCUT2D eigenvalue weighted by Crippen LogP contribution is 2.15. The van der Waals surface area contributed by atoms with Crippen LogP contribution in [0.4, 0.5) is 0 Å². The number of nitrogens with one attached hydrogen (secondary N) is 1. The highest BCUT2D eigenvalue weighted by atomic mass is 16.5. The fourth-order valence-electron chi connectivity index (χ4n) is 7.74. The van der Waals surface area contributed by atoms with Gasteiger partial charge in [-0.2, -0.15) is 0 Å². The number of esters is 1. The lowest BCUT2D eigenvalue weighted by Crippen LogP contribution is -2.45. The Morgan fingerprint density at radius 2 is 0.810 bits per heavy atom. The largest absolute Gasteiger partial charge is 0.466 e. The lowest BCUT2D eigenvalue weighted by molar-refractivity contribution is -0.143. The van der Waals surface area contributed by atoms with Gasteiger partial charge in [0.25, 0.3) is 0 Å². The molecule has 0 radical (unpaired) electrons. The molecule has 2 atom stereocenters. The summed E-state index contributed by atoms with van der Waals surface area (Å²) in [7, 11) is 0. The molecule has 58 heavy (non-hydrogen) atoms. The fraction of sp³-hybridized carbons (Fsp3) is 0.885. The van der Waals surface area contributed by atoms with Crippen molar-refractivity contribution in [3.63, 3.8) is 0 Å². The van der Waals surface area contributed by atoms with Crippen LogP contribution in [0.25, 0.3) is 0 Å². The Morgan fingerprint density at radius 1 is 0.466 bits per heavy atom. The molecule has 0 saturated carbocycles. The van der Waals surface area contributed by atoms with Gasteiger partial charge < -0.3 is 20.3 Å². The molecule has 0 aromatic carbocycles. The van der Waals surface area contributed by atoms with Crippen LogP contribution < -0.4 is 5.32 Å². The van der Waals surface area contributed by atoms with E-state index in [1.54, 1.807) is 6.08 Å². The summed E-state index contributed by atoms with van der Waals surface area (Å²) in [6, 6.07) is -0.644. The lowest BCUT2D eigenvalue weighted by Gasteiger charge is -2.20. The minimum atomic E-state index is -0.858. The van der Waals surface area contributed by atoms with Gasteiger partial charge in [-0.25, -0.2) is 0 Å². The van der Waals surface area contributed by atoms with Gasteiger partial charge in [0.15, 0.2) is 0 Å². The maximum absolute atomic E-state index is 12.4. The van der Waals surface area contributed by atoms with Crippen molar-refractivity contribution in [3.8, 4) is 0 Å². The van der Waals surface area contributed by atoms with E-state index in [0.717, 1.165) is 57.8 Å². The number of carbonyl (C=O) groups excluding carboxylic acids is 2. The molecule has 0 aliphatic carbocycles. The third kappa shape index (κ3) is 43.9. The summed E-state index contributed by atoms with van der Waals surface area (Å²) >= 11 is 0. The Morgan fingerprint density at radius 3 is 1.22 bits per heavy atom. The number of hydrogen-bond donors (Lipinski definition) is 3. The Bertz CT molecular complexity index is 904. The summed E-state index contributed by atoms with van der Waals surface area (Å²) in [5.41, 5.74) is 0. The van der Waals surface area contributed by atoms with E-state index in [0.29, 0.717) is 19.4 Å². The first-order chi connectivity index (χ1) is 28.5. The standard InChI is InChI=1S/C52H99NO5/c1-3-5-7-9-11-13-15-17-18-19-20-21-23-25-30-34-38-42-46-52(57)58-47-43-39-35-31-27-26-29-33-37-41-45-51(56)53-49(48-54)50(55)44-40-36-32-28-24-22-16-14-12-10-8-6-4-2/h18-19,40,44,49-50,54-55H,3-17,20-39,41-43,45-48H2,1-2H3,(H,53,56)/b19-18-,44-40+. The van der Waals surface area contributed by atoms with E-state index >= 15 is 0 Å².